The molecule has 0 aromatic heterocycles. The number of ether oxygens (including phenoxy) is 1. The molecule has 0 N–H and O–H groups in total. The highest BCUT2D eigenvalue weighted by atomic mass is 16.5. The maximum absolute atomic E-state index is 11.6. The van der Waals surface area contributed by atoms with Crippen molar-refractivity contribution in [2.24, 2.45) is 0 Å². The Hall–Kier alpha value is -2.39. The molecule has 3 rings (SSSR count). The van der Waals surface area contributed by atoms with Crippen LogP contribution in [-0.2, 0) is 9.53 Å². The quantitative estimate of drug-likeness (QED) is 0.280. The van der Waals surface area contributed by atoms with Crippen LogP contribution in [0.1, 0.15) is 76.7 Å². The van der Waals surface area contributed by atoms with Crippen LogP contribution >= 0.6 is 0 Å². The van der Waals surface area contributed by atoms with E-state index in [1.54, 1.807) is 6.92 Å². The molecule has 1 saturated heterocycles. The maximum Gasteiger partial charge on any atom is 0.219 e. The monoisotopic (exact) mass is 447 g/mol. The van der Waals surface area contributed by atoms with Gasteiger partial charge in [0.25, 0.3) is 0 Å². The van der Waals surface area contributed by atoms with Gasteiger partial charge >= 0.3 is 0 Å². The number of benzene rings is 2. The van der Waals surface area contributed by atoms with Gasteiger partial charge in [-0.25, -0.2) is 0 Å². The summed E-state index contributed by atoms with van der Waals surface area (Å²) in [5.41, 5.74) is 3.82. The Morgan fingerprint density at radius 3 is 2.30 bits per heavy atom. The smallest absolute Gasteiger partial charge is 0.219 e. The van der Waals surface area contributed by atoms with Crippen LogP contribution in [0, 0.1) is 0 Å². The van der Waals surface area contributed by atoms with E-state index in [-0.39, 0.29) is 5.91 Å². The predicted molar refractivity (Wildman–Crippen MR) is 139 cm³/mol. The van der Waals surface area contributed by atoms with E-state index in [1.165, 1.54) is 55.2 Å². The number of nitrogens with zero attached hydrogens (tertiary/aromatic N) is 1. The van der Waals surface area contributed by atoms with Gasteiger partial charge in [0.2, 0.25) is 5.91 Å². The van der Waals surface area contributed by atoms with Crippen molar-refractivity contribution in [1.82, 2.24) is 4.90 Å². The van der Waals surface area contributed by atoms with Crippen molar-refractivity contribution in [3.05, 3.63) is 66.2 Å². The number of allylic oxidation sites excluding steroid dienone is 1. The molecule has 0 bridgehead atoms. The van der Waals surface area contributed by atoms with Gasteiger partial charge < -0.3 is 9.64 Å². The largest absolute Gasteiger partial charge is 0.379 e. The van der Waals surface area contributed by atoms with E-state index in [9.17, 15) is 4.79 Å². The Kier molecular flexibility index (Phi) is 11.2. The van der Waals surface area contributed by atoms with Gasteiger partial charge in [0.1, 0.15) is 0 Å². The Labute approximate surface area is 200 Å². The van der Waals surface area contributed by atoms with E-state index < -0.39 is 0 Å². The Balaban J connectivity index is 1.14. The number of rotatable bonds is 14. The van der Waals surface area contributed by atoms with Crippen LogP contribution in [0.2, 0.25) is 0 Å². The number of carbonyl (C=O) groups excluding carboxylic acids is 1. The minimum atomic E-state index is 0.189. The molecule has 1 atom stereocenters. The zero-order valence-electron chi connectivity index (χ0n) is 20.4. The second-order valence-electron chi connectivity index (χ2n) is 9.24. The third kappa shape index (κ3) is 9.17. The predicted octanol–water partition coefficient (Wildman–Crippen LogP) is 7.52. The highest BCUT2D eigenvalue weighted by Gasteiger charge is 2.26. The summed E-state index contributed by atoms with van der Waals surface area (Å²) in [5.74, 6) is 0.189. The molecule has 1 aliphatic rings. The molecule has 1 amide bonds. The van der Waals surface area contributed by atoms with Gasteiger partial charge in [0, 0.05) is 20.1 Å². The number of amides is 1. The van der Waals surface area contributed by atoms with Crippen molar-refractivity contribution in [3.8, 4) is 11.1 Å². The van der Waals surface area contributed by atoms with E-state index in [4.69, 9.17) is 4.74 Å². The van der Waals surface area contributed by atoms with Crippen LogP contribution < -0.4 is 0 Å². The molecule has 3 heteroatoms. The fourth-order valence-corrected chi connectivity index (χ4v) is 4.63. The van der Waals surface area contributed by atoms with Crippen molar-refractivity contribution in [2.45, 2.75) is 77.2 Å². The molecule has 0 spiro atoms. The van der Waals surface area contributed by atoms with Crippen molar-refractivity contribution in [1.29, 1.82) is 0 Å². The summed E-state index contributed by atoms with van der Waals surface area (Å²) >= 11 is 0. The molecule has 3 nitrogen and oxygen atoms in total. The van der Waals surface area contributed by atoms with E-state index >= 15 is 0 Å². The normalized spacial score (nSPS) is 16.0. The molecule has 33 heavy (non-hydrogen) atoms. The topological polar surface area (TPSA) is 29.5 Å². The third-order valence-electron chi connectivity index (χ3n) is 6.58. The van der Waals surface area contributed by atoms with Crippen LogP contribution in [0.5, 0.6) is 0 Å². The molecular formula is C30H41NO2. The first-order valence-electron chi connectivity index (χ1n) is 12.9. The Bertz CT molecular complexity index is 828. The van der Waals surface area contributed by atoms with Gasteiger partial charge in [-0.1, -0.05) is 98.9 Å². The fourth-order valence-electron chi connectivity index (χ4n) is 4.63. The molecule has 1 fully saturated rings. The molecular weight excluding hydrogens is 406 g/mol. The summed E-state index contributed by atoms with van der Waals surface area (Å²) in [6, 6.07) is 19.7. The molecule has 0 saturated carbocycles. The molecule has 178 valence electrons. The molecule has 2 aromatic rings. The Morgan fingerprint density at radius 1 is 0.909 bits per heavy atom. The van der Waals surface area contributed by atoms with Crippen LogP contribution in [0.25, 0.3) is 17.2 Å². The van der Waals surface area contributed by atoms with Crippen LogP contribution in [0.15, 0.2) is 60.7 Å². The lowest BCUT2D eigenvalue weighted by atomic mass is 10.0. The number of unbranched alkanes of at least 4 members (excludes halogenated alkanes) is 7. The first kappa shape index (κ1) is 25.2. The standard InChI is InChI=1S/C30H41NO2/c1-26(32)31-23-14-18-30(31)25-33-24-13-8-6-4-2-3-5-7-10-15-27-19-21-29(22-20-27)28-16-11-9-12-17-28/h9-12,15-17,19-22,30H,2-8,13-14,18,23-25H2,1H3/b15-10+/t30-/m0/s1. The number of hydrogen-bond donors (Lipinski definition) is 0. The molecule has 2 aromatic carbocycles. The second-order valence-corrected chi connectivity index (χ2v) is 9.24. The van der Waals surface area contributed by atoms with Crippen molar-refractivity contribution < 1.29 is 9.53 Å². The van der Waals surface area contributed by atoms with E-state index in [2.05, 4.69) is 66.7 Å². The third-order valence-corrected chi connectivity index (χ3v) is 6.58. The van der Waals surface area contributed by atoms with Gasteiger partial charge in [-0.05, 0) is 48.8 Å². The van der Waals surface area contributed by atoms with E-state index in [0.717, 1.165) is 38.8 Å². The van der Waals surface area contributed by atoms with Crippen molar-refractivity contribution >= 4 is 12.0 Å². The highest BCUT2D eigenvalue weighted by molar-refractivity contribution is 5.73. The van der Waals surface area contributed by atoms with Gasteiger partial charge in [-0.3, -0.25) is 4.79 Å². The first-order valence-corrected chi connectivity index (χ1v) is 12.9. The lowest BCUT2D eigenvalue weighted by molar-refractivity contribution is -0.130. The van der Waals surface area contributed by atoms with Gasteiger partial charge in [-0.2, -0.15) is 0 Å². The van der Waals surface area contributed by atoms with Crippen molar-refractivity contribution in [3.63, 3.8) is 0 Å². The Morgan fingerprint density at radius 2 is 1.58 bits per heavy atom. The maximum atomic E-state index is 11.6. The fraction of sp³-hybridized carbons (Fsp3) is 0.500. The lowest BCUT2D eigenvalue weighted by Crippen LogP contribution is -2.36. The molecule has 0 radical (unpaired) electrons. The summed E-state index contributed by atoms with van der Waals surface area (Å²) in [6.07, 6.45) is 16.9. The second kappa shape index (κ2) is 14.7. The van der Waals surface area contributed by atoms with E-state index in [1.807, 2.05) is 4.90 Å². The first-order chi connectivity index (χ1) is 16.2. The molecule has 0 unspecified atom stereocenters. The molecule has 1 heterocycles. The zero-order chi connectivity index (χ0) is 23.1. The van der Waals surface area contributed by atoms with Crippen LogP contribution in [-0.4, -0.2) is 36.6 Å². The summed E-state index contributed by atoms with van der Waals surface area (Å²) < 4.78 is 5.83. The number of hydrogen-bond acceptors (Lipinski definition) is 2. The SMILES string of the molecule is CC(=O)N1CCC[C@H]1COCCCCCCCCC/C=C/c1ccc(-c2ccccc2)cc1. The molecule has 0 aliphatic carbocycles. The summed E-state index contributed by atoms with van der Waals surface area (Å²) in [5, 5.41) is 0. The molecule has 1 aliphatic heterocycles. The zero-order valence-corrected chi connectivity index (χ0v) is 20.4. The average Bonchev–Trinajstić information content (AvgIpc) is 3.32. The minimum absolute atomic E-state index is 0.189. The number of likely N-dealkylation sites (tertiary alicyclic amines) is 1. The number of carbonyl (C=O) groups is 1. The summed E-state index contributed by atoms with van der Waals surface area (Å²) in [4.78, 5) is 13.5. The summed E-state index contributed by atoms with van der Waals surface area (Å²) in [6.45, 7) is 4.12. The van der Waals surface area contributed by atoms with Crippen LogP contribution in [0.4, 0.5) is 0 Å². The summed E-state index contributed by atoms with van der Waals surface area (Å²) in [7, 11) is 0. The minimum Gasteiger partial charge on any atom is -0.379 e. The average molecular weight is 448 g/mol. The lowest BCUT2D eigenvalue weighted by Gasteiger charge is -2.23. The van der Waals surface area contributed by atoms with Crippen molar-refractivity contribution in [2.75, 3.05) is 19.8 Å². The van der Waals surface area contributed by atoms with Gasteiger partial charge in [0.15, 0.2) is 0 Å². The van der Waals surface area contributed by atoms with Gasteiger partial charge in [0.05, 0.1) is 12.6 Å². The highest BCUT2D eigenvalue weighted by Crippen LogP contribution is 2.20. The van der Waals surface area contributed by atoms with Gasteiger partial charge in [-0.15, -0.1) is 0 Å². The van der Waals surface area contributed by atoms with E-state index in [0.29, 0.717) is 12.6 Å². The van der Waals surface area contributed by atoms with Crippen LogP contribution in [0.3, 0.4) is 0 Å².